The van der Waals surface area contributed by atoms with Crippen LogP contribution in [-0.4, -0.2) is 17.4 Å². The van der Waals surface area contributed by atoms with Crippen molar-refractivity contribution in [3.05, 3.63) is 36.0 Å². The van der Waals surface area contributed by atoms with Crippen LogP contribution in [0.15, 0.2) is 35.5 Å². The van der Waals surface area contributed by atoms with Crippen LogP contribution in [0.5, 0.6) is 0 Å². The predicted octanol–water partition coefficient (Wildman–Crippen LogP) is 3.15. The molecule has 2 aromatic rings. The maximum Gasteiger partial charge on any atom is 0.101 e. The third-order valence-electron chi connectivity index (χ3n) is 3.10. The summed E-state index contributed by atoms with van der Waals surface area (Å²) in [6, 6.07) is 8.33. The fourth-order valence-electron chi connectivity index (χ4n) is 2.17. The SMILES string of the molecule is Cc1cc2cccnc2cc1NC1=NCCC1. The lowest BCUT2D eigenvalue weighted by Crippen LogP contribution is -2.09. The van der Waals surface area contributed by atoms with E-state index >= 15 is 0 Å². The quantitative estimate of drug-likeness (QED) is 0.809. The van der Waals surface area contributed by atoms with Crippen LogP contribution in [0.1, 0.15) is 18.4 Å². The molecule has 0 fully saturated rings. The Morgan fingerprint density at radius 2 is 2.24 bits per heavy atom. The van der Waals surface area contributed by atoms with Gasteiger partial charge in [-0.1, -0.05) is 6.07 Å². The molecule has 1 aromatic heterocycles. The first-order chi connectivity index (χ1) is 8.33. The minimum absolute atomic E-state index is 0.952. The van der Waals surface area contributed by atoms with E-state index in [-0.39, 0.29) is 0 Å². The number of amidine groups is 1. The van der Waals surface area contributed by atoms with E-state index in [1.165, 1.54) is 10.9 Å². The third-order valence-corrected chi connectivity index (χ3v) is 3.10. The van der Waals surface area contributed by atoms with Gasteiger partial charge in [0.15, 0.2) is 0 Å². The van der Waals surface area contributed by atoms with Gasteiger partial charge >= 0.3 is 0 Å². The van der Waals surface area contributed by atoms with Gasteiger partial charge in [0.2, 0.25) is 0 Å². The van der Waals surface area contributed by atoms with Gasteiger partial charge in [-0.15, -0.1) is 0 Å². The molecule has 0 saturated carbocycles. The van der Waals surface area contributed by atoms with E-state index < -0.39 is 0 Å². The summed E-state index contributed by atoms with van der Waals surface area (Å²) in [5.74, 6) is 1.10. The largest absolute Gasteiger partial charge is 0.344 e. The van der Waals surface area contributed by atoms with Gasteiger partial charge in [-0.2, -0.15) is 0 Å². The molecule has 17 heavy (non-hydrogen) atoms. The highest BCUT2D eigenvalue weighted by molar-refractivity contribution is 5.98. The van der Waals surface area contributed by atoms with Crippen LogP contribution in [0.2, 0.25) is 0 Å². The van der Waals surface area contributed by atoms with E-state index in [1.54, 1.807) is 0 Å². The van der Waals surface area contributed by atoms with Crippen LogP contribution in [0.3, 0.4) is 0 Å². The molecule has 0 atom stereocenters. The van der Waals surface area contributed by atoms with Crippen molar-refractivity contribution in [2.75, 3.05) is 11.9 Å². The smallest absolute Gasteiger partial charge is 0.101 e. The first-order valence-electron chi connectivity index (χ1n) is 5.99. The Kier molecular flexibility index (Phi) is 2.52. The van der Waals surface area contributed by atoms with Gasteiger partial charge in [0.05, 0.1) is 5.52 Å². The number of nitrogens with zero attached hydrogens (tertiary/aromatic N) is 2. The van der Waals surface area contributed by atoms with Gasteiger partial charge in [-0.25, -0.2) is 0 Å². The number of nitrogens with one attached hydrogen (secondary N) is 1. The number of hydrogen-bond donors (Lipinski definition) is 1. The Bertz CT molecular complexity index is 587. The zero-order chi connectivity index (χ0) is 11.7. The van der Waals surface area contributed by atoms with E-state index in [4.69, 9.17) is 0 Å². The zero-order valence-corrected chi connectivity index (χ0v) is 9.90. The molecular formula is C14H15N3. The summed E-state index contributed by atoms with van der Waals surface area (Å²) in [5.41, 5.74) is 3.39. The van der Waals surface area contributed by atoms with E-state index in [2.05, 4.69) is 40.4 Å². The summed E-state index contributed by atoms with van der Waals surface area (Å²) >= 11 is 0. The standard InChI is InChI=1S/C14H15N3/c1-10-8-11-4-2-6-15-13(11)9-12(10)17-14-5-3-7-16-14/h2,4,6,8-9H,3,5,7H2,1H3,(H,16,17). The lowest BCUT2D eigenvalue weighted by molar-refractivity contribution is 0.951. The first kappa shape index (κ1) is 10.3. The lowest BCUT2D eigenvalue weighted by Gasteiger charge is -2.10. The number of pyridine rings is 1. The molecule has 0 unspecified atom stereocenters. The first-order valence-corrected chi connectivity index (χ1v) is 5.99. The van der Waals surface area contributed by atoms with E-state index in [0.717, 1.165) is 36.4 Å². The average molecular weight is 225 g/mol. The predicted molar refractivity (Wildman–Crippen MR) is 71.6 cm³/mol. The van der Waals surface area contributed by atoms with Crippen LogP contribution < -0.4 is 5.32 Å². The van der Waals surface area contributed by atoms with E-state index in [0.29, 0.717) is 0 Å². The summed E-state index contributed by atoms with van der Waals surface area (Å²) in [7, 11) is 0. The second-order valence-corrected chi connectivity index (χ2v) is 4.42. The molecule has 0 amide bonds. The Morgan fingerprint density at radius 1 is 1.29 bits per heavy atom. The number of aryl methyl sites for hydroxylation is 1. The second kappa shape index (κ2) is 4.17. The minimum atomic E-state index is 0.952. The van der Waals surface area contributed by atoms with Crippen molar-refractivity contribution in [1.29, 1.82) is 0 Å². The fourth-order valence-corrected chi connectivity index (χ4v) is 2.17. The molecule has 3 heteroatoms. The summed E-state index contributed by atoms with van der Waals surface area (Å²) in [5, 5.41) is 4.60. The number of hydrogen-bond acceptors (Lipinski definition) is 3. The molecule has 0 saturated heterocycles. The lowest BCUT2D eigenvalue weighted by atomic mass is 10.1. The third kappa shape index (κ3) is 2.00. The minimum Gasteiger partial charge on any atom is -0.344 e. The van der Waals surface area contributed by atoms with E-state index in [9.17, 15) is 0 Å². The van der Waals surface area contributed by atoms with Crippen molar-refractivity contribution in [1.82, 2.24) is 4.98 Å². The summed E-state index contributed by atoms with van der Waals surface area (Å²) in [4.78, 5) is 8.81. The molecule has 1 aromatic carbocycles. The second-order valence-electron chi connectivity index (χ2n) is 4.42. The topological polar surface area (TPSA) is 37.3 Å². The molecular weight excluding hydrogens is 210 g/mol. The number of aliphatic imine (C=N–C) groups is 1. The molecule has 0 aliphatic carbocycles. The molecule has 2 heterocycles. The fraction of sp³-hybridized carbons (Fsp3) is 0.286. The van der Waals surface area contributed by atoms with Crippen molar-refractivity contribution < 1.29 is 0 Å². The average Bonchev–Trinajstić information content (AvgIpc) is 2.83. The van der Waals surface area contributed by atoms with Crippen LogP contribution in [0.25, 0.3) is 10.9 Å². The number of fused-ring (bicyclic) bond motifs is 1. The van der Waals surface area contributed by atoms with Crippen molar-refractivity contribution >= 4 is 22.4 Å². The molecule has 0 bridgehead atoms. The maximum atomic E-state index is 4.44. The summed E-state index contributed by atoms with van der Waals surface area (Å²) < 4.78 is 0. The zero-order valence-electron chi connectivity index (χ0n) is 9.90. The molecule has 1 aliphatic heterocycles. The summed E-state index contributed by atoms with van der Waals surface area (Å²) in [6.07, 6.45) is 4.04. The van der Waals surface area contributed by atoms with Crippen LogP contribution in [0, 0.1) is 6.92 Å². The Labute approximate surface area is 101 Å². The summed E-state index contributed by atoms with van der Waals surface area (Å²) in [6.45, 7) is 3.07. The van der Waals surface area contributed by atoms with Crippen LogP contribution in [-0.2, 0) is 0 Å². The van der Waals surface area contributed by atoms with Crippen LogP contribution >= 0.6 is 0 Å². The molecule has 0 spiro atoms. The molecule has 3 nitrogen and oxygen atoms in total. The number of anilines is 1. The van der Waals surface area contributed by atoms with E-state index in [1.807, 2.05) is 12.3 Å². The van der Waals surface area contributed by atoms with Gasteiger partial charge in [-0.05, 0) is 37.1 Å². The van der Waals surface area contributed by atoms with Crippen molar-refractivity contribution in [2.45, 2.75) is 19.8 Å². The van der Waals surface area contributed by atoms with Gasteiger partial charge in [0.1, 0.15) is 5.84 Å². The maximum absolute atomic E-state index is 4.44. The molecule has 1 N–H and O–H groups in total. The Balaban J connectivity index is 2.00. The van der Waals surface area contributed by atoms with Gasteiger partial charge in [-0.3, -0.25) is 9.98 Å². The van der Waals surface area contributed by atoms with Crippen molar-refractivity contribution in [3.8, 4) is 0 Å². The van der Waals surface area contributed by atoms with Crippen molar-refractivity contribution in [2.24, 2.45) is 4.99 Å². The number of aromatic nitrogens is 1. The highest BCUT2D eigenvalue weighted by Gasteiger charge is 2.08. The number of rotatable bonds is 1. The number of benzene rings is 1. The molecule has 1 aliphatic rings. The normalized spacial score (nSPS) is 15.0. The van der Waals surface area contributed by atoms with Gasteiger partial charge < -0.3 is 5.32 Å². The highest BCUT2D eigenvalue weighted by atomic mass is 15.0. The molecule has 86 valence electrons. The van der Waals surface area contributed by atoms with Crippen LogP contribution in [0.4, 0.5) is 5.69 Å². The Morgan fingerprint density at radius 3 is 3.06 bits per heavy atom. The Hall–Kier alpha value is -1.90. The van der Waals surface area contributed by atoms with Gasteiger partial charge in [0.25, 0.3) is 0 Å². The monoisotopic (exact) mass is 225 g/mol. The molecule has 3 rings (SSSR count). The van der Waals surface area contributed by atoms with Crippen molar-refractivity contribution in [3.63, 3.8) is 0 Å². The highest BCUT2D eigenvalue weighted by Crippen LogP contribution is 2.22. The molecule has 0 radical (unpaired) electrons. The van der Waals surface area contributed by atoms with Gasteiger partial charge in [0, 0.05) is 30.2 Å².